The van der Waals surface area contributed by atoms with Crippen molar-refractivity contribution in [2.75, 3.05) is 46.9 Å². The van der Waals surface area contributed by atoms with E-state index < -0.39 is 5.97 Å². The maximum Gasteiger partial charge on any atom is 0.325 e. The number of carbonyl (C=O) groups is 2. The highest BCUT2D eigenvalue weighted by molar-refractivity contribution is 5.80. The van der Waals surface area contributed by atoms with E-state index in [0.717, 1.165) is 13.0 Å². The number of amides is 2. The van der Waals surface area contributed by atoms with Crippen LogP contribution in [-0.4, -0.2) is 68.7 Å². The molecule has 18 heavy (non-hydrogen) atoms. The molecule has 2 amide bonds. The summed E-state index contributed by atoms with van der Waals surface area (Å²) in [6.45, 7) is 6.15. The molecular formula is C12H25N3O3. The van der Waals surface area contributed by atoms with Crippen LogP contribution >= 0.6 is 0 Å². The van der Waals surface area contributed by atoms with Gasteiger partial charge in [0.25, 0.3) is 0 Å². The fourth-order valence-electron chi connectivity index (χ4n) is 1.45. The minimum atomic E-state index is -0.407. The van der Waals surface area contributed by atoms with Crippen LogP contribution in [0.2, 0.25) is 0 Å². The zero-order chi connectivity index (χ0) is 14.0. The first kappa shape index (κ1) is 16.7. The van der Waals surface area contributed by atoms with Crippen molar-refractivity contribution in [2.24, 2.45) is 0 Å². The molecule has 6 nitrogen and oxygen atoms in total. The summed E-state index contributed by atoms with van der Waals surface area (Å²) in [4.78, 5) is 26.6. The predicted molar refractivity (Wildman–Crippen MR) is 70.4 cm³/mol. The quantitative estimate of drug-likeness (QED) is 0.646. The fourth-order valence-corrected chi connectivity index (χ4v) is 1.45. The van der Waals surface area contributed by atoms with E-state index in [-0.39, 0.29) is 12.6 Å². The summed E-state index contributed by atoms with van der Waals surface area (Å²) >= 11 is 0. The Morgan fingerprint density at radius 3 is 2.33 bits per heavy atom. The van der Waals surface area contributed by atoms with E-state index in [2.05, 4.69) is 10.2 Å². The summed E-state index contributed by atoms with van der Waals surface area (Å²) in [5.74, 6) is -0.407. The lowest BCUT2D eigenvalue weighted by molar-refractivity contribution is -0.141. The van der Waals surface area contributed by atoms with Crippen LogP contribution in [0.4, 0.5) is 4.79 Å². The van der Waals surface area contributed by atoms with E-state index in [1.165, 1.54) is 0 Å². The molecule has 106 valence electrons. The minimum absolute atomic E-state index is 0.0726. The third kappa shape index (κ3) is 7.89. The van der Waals surface area contributed by atoms with E-state index in [1.54, 1.807) is 11.8 Å². The highest BCUT2D eigenvalue weighted by atomic mass is 16.5. The Bertz CT molecular complexity index is 257. The molecule has 0 aromatic heterocycles. The average Bonchev–Trinajstić information content (AvgIpc) is 2.31. The predicted octanol–water partition coefficient (Wildman–Crippen LogP) is 0.533. The Kier molecular flexibility index (Phi) is 9.00. The van der Waals surface area contributed by atoms with Gasteiger partial charge in [-0.25, -0.2) is 4.79 Å². The van der Waals surface area contributed by atoms with Crippen LogP contribution < -0.4 is 5.32 Å². The number of ether oxygens (including phenoxy) is 1. The molecule has 0 aliphatic rings. The Labute approximate surface area is 109 Å². The van der Waals surface area contributed by atoms with Gasteiger partial charge < -0.3 is 19.9 Å². The normalized spacial score (nSPS) is 10.3. The first-order valence-electron chi connectivity index (χ1n) is 6.34. The molecule has 0 aromatic rings. The van der Waals surface area contributed by atoms with Gasteiger partial charge in [0.1, 0.15) is 6.54 Å². The van der Waals surface area contributed by atoms with Gasteiger partial charge in [0.2, 0.25) is 0 Å². The van der Waals surface area contributed by atoms with Crippen molar-refractivity contribution in [3.05, 3.63) is 0 Å². The van der Waals surface area contributed by atoms with Crippen LogP contribution in [0, 0.1) is 0 Å². The van der Waals surface area contributed by atoms with Crippen molar-refractivity contribution in [3.8, 4) is 0 Å². The summed E-state index contributed by atoms with van der Waals surface area (Å²) in [7, 11) is 3.99. The number of nitrogens with zero attached hydrogens (tertiary/aromatic N) is 2. The zero-order valence-corrected chi connectivity index (χ0v) is 11.9. The topological polar surface area (TPSA) is 61.9 Å². The lowest BCUT2D eigenvalue weighted by Crippen LogP contribution is -2.43. The molecule has 0 rings (SSSR count). The zero-order valence-electron chi connectivity index (χ0n) is 11.9. The summed E-state index contributed by atoms with van der Waals surface area (Å²) in [5, 5.41) is 2.56. The van der Waals surface area contributed by atoms with Gasteiger partial charge in [0, 0.05) is 13.1 Å². The molecule has 0 spiro atoms. The molecule has 0 bridgehead atoms. The number of nitrogens with one attached hydrogen (secondary N) is 1. The van der Waals surface area contributed by atoms with Gasteiger partial charge in [-0.1, -0.05) is 0 Å². The molecule has 0 saturated carbocycles. The Hall–Kier alpha value is -1.30. The van der Waals surface area contributed by atoms with Crippen LogP contribution in [0.3, 0.4) is 0 Å². The lowest BCUT2D eigenvalue weighted by Gasteiger charge is -2.22. The first-order valence-corrected chi connectivity index (χ1v) is 6.34. The number of urea groups is 1. The van der Waals surface area contributed by atoms with E-state index in [9.17, 15) is 9.59 Å². The highest BCUT2D eigenvalue weighted by Crippen LogP contribution is 1.94. The number of hydrogen-bond acceptors (Lipinski definition) is 4. The maximum atomic E-state index is 11.8. The standard InChI is InChI=1S/C12H25N3O3/c1-5-15(9-7-8-14(3)4)12(17)13-10-11(16)18-6-2/h5-10H2,1-4H3,(H,13,17). The second kappa shape index (κ2) is 9.70. The maximum absolute atomic E-state index is 11.8. The van der Waals surface area contributed by atoms with E-state index in [0.29, 0.717) is 19.7 Å². The van der Waals surface area contributed by atoms with Gasteiger partial charge in [0.15, 0.2) is 0 Å². The van der Waals surface area contributed by atoms with Crippen molar-refractivity contribution in [1.82, 2.24) is 15.1 Å². The monoisotopic (exact) mass is 259 g/mol. The first-order chi connectivity index (χ1) is 8.51. The van der Waals surface area contributed by atoms with E-state index in [4.69, 9.17) is 4.74 Å². The second-order valence-corrected chi connectivity index (χ2v) is 4.20. The third-order valence-corrected chi connectivity index (χ3v) is 2.39. The van der Waals surface area contributed by atoms with Gasteiger partial charge in [-0.2, -0.15) is 0 Å². The number of esters is 1. The molecule has 0 aliphatic carbocycles. The molecule has 0 fully saturated rings. The highest BCUT2D eigenvalue weighted by Gasteiger charge is 2.12. The number of carbonyl (C=O) groups excluding carboxylic acids is 2. The molecule has 0 radical (unpaired) electrons. The molecule has 0 aliphatic heterocycles. The fraction of sp³-hybridized carbons (Fsp3) is 0.833. The van der Waals surface area contributed by atoms with Gasteiger partial charge in [-0.15, -0.1) is 0 Å². The van der Waals surface area contributed by atoms with Crippen LogP contribution in [0.5, 0.6) is 0 Å². The van der Waals surface area contributed by atoms with Gasteiger partial charge in [-0.05, 0) is 40.9 Å². The number of rotatable bonds is 8. The van der Waals surface area contributed by atoms with Crippen molar-refractivity contribution in [2.45, 2.75) is 20.3 Å². The van der Waals surface area contributed by atoms with Crippen LogP contribution in [-0.2, 0) is 9.53 Å². The van der Waals surface area contributed by atoms with Crippen molar-refractivity contribution in [3.63, 3.8) is 0 Å². The Morgan fingerprint density at radius 1 is 1.17 bits per heavy atom. The summed E-state index contributed by atoms with van der Waals surface area (Å²) in [5.41, 5.74) is 0. The van der Waals surface area contributed by atoms with E-state index >= 15 is 0 Å². The molecule has 0 heterocycles. The molecular weight excluding hydrogens is 234 g/mol. The largest absolute Gasteiger partial charge is 0.465 e. The third-order valence-electron chi connectivity index (χ3n) is 2.39. The smallest absolute Gasteiger partial charge is 0.325 e. The SMILES string of the molecule is CCOC(=O)CNC(=O)N(CC)CCCN(C)C. The minimum Gasteiger partial charge on any atom is -0.465 e. The van der Waals surface area contributed by atoms with E-state index in [1.807, 2.05) is 21.0 Å². The van der Waals surface area contributed by atoms with Gasteiger partial charge in [0.05, 0.1) is 6.61 Å². The number of hydrogen-bond donors (Lipinski definition) is 1. The van der Waals surface area contributed by atoms with Gasteiger partial charge in [-0.3, -0.25) is 4.79 Å². The molecule has 0 atom stereocenters. The molecule has 0 aromatic carbocycles. The molecule has 0 saturated heterocycles. The van der Waals surface area contributed by atoms with Gasteiger partial charge >= 0.3 is 12.0 Å². The Balaban J connectivity index is 3.91. The lowest BCUT2D eigenvalue weighted by atomic mass is 10.3. The average molecular weight is 259 g/mol. The molecule has 0 unspecified atom stereocenters. The van der Waals surface area contributed by atoms with Crippen LogP contribution in [0.25, 0.3) is 0 Å². The van der Waals surface area contributed by atoms with Crippen molar-refractivity contribution < 1.29 is 14.3 Å². The Morgan fingerprint density at radius 2 is 1.83 bits per heavy atom. The van der Waals surface area contributed by atoms with Crippen molar-refractivity contribution in [1.29, 1.82) is 0 Å². The summed E-state index contributed by atoms with van der Waals surface area (Å²) < 4.78 is 4.74. The van der Waals surface area contributed by atoms with Crippen LogP contribution in [0.1, 0.15) is 20.3 Å². The summed E-state index contributed by atoms with van der Waals surface area (Å²) in [6.07, 6.45) is 0.910. The second-order valence-electron chi connectivity index (χ2n) is 4.20. The molecule has 1 N–H and O–H groups in total. The molecule has 6 heteroatoms. The summed E-state index contributed by atoms with van der Waals surface area (Å²) in [6, 6.07) is -0.218. The van der Waals surface area contributed by atoms with Crippen molar-refractivity contribution >= 4 is 12.0 Å². The van der Waals surface area contributed by atoms with Crippen LogP contribution in [0.15, 0.2) is 0 Å².